The van der Waals surface area contributed by atoms with Crippen LogP contribution in [-0.2, 0) is 17.5 Å². The molecule has 0 saturated heterocycles. The van der Waals surface area contributed by atoms with E-state index < -0.39 is 23.7 Å². The standard InChI is InChI=1S/C25H28F3N5O2S/c1-5-33-22(21(15(2)3)30-23(35)17-11-9-16(4)10-12-17)31-32-24(33)36-14-20(34)29-19-8-6-7-18(13-19)25(26,27)28/h6-13,15,21H,5,14H2,1-4H3,(H,29,34)(H,30,35)/t21-/m0/s1. The van der Waals surface area contributed by atoms with Crippen molar-refractivity contribution in [3.63, 3.8) is 0 Å². The summed E-state index contributed by atoms with van der Waals surface area (Å²) in [5, 5.41) is 14.5. The summed E-state index contributed by atoms with van der Waals surface area (Å²) in [4.78, 5) is 25.2. The third kappa shape index (κ3) is 6.87. The highest BCUT2D eigenvalue weighted by Crippen LogP contribution is 2.31. The average molecular weight is 520 g/mol. The molecule has 3 rings (SSSR count). The molecule has 0 aliphatic carbocycles. The van der Waals surface area contributed by atoms with Crippen molar-refractivity contribution in [1.29, 1.82) is 0 Å². The normalized spacial score (nSPS) is 12.4. The van der Waals surface area contributed by atoms with Crippen LogP contribution in [0.15, 0.2) is 53.7 Å². The molecule has 7 nitrogen and oxygen atoms in total. The second-order valence-electron chi connectivity index (χ2n) is 8.56. The van der Waals surface area contributed by atoms with Gasteiger partial charge in [0.05, 0.1) is 17.4 Å². The van der Waals surface area contributed by atoms with E-state index in [0.29, 0.717) is 23.1 Å². The topological polar surface area (TPSA) is 88.9 Å². The van der Waals surface area contributed by atoms with Gasteiger partial charge in [0.15, 0.2) is 11.0 Å². The molecule has 11 heteroatoms. The molecular formula is C25H28F3N5O2S. The number of nitrogens with one attached hydrogen (secondary N) is 2. The van der Waals surface area contributed by atoms with Crippen molar-refractivity contribution < 1.29 is 22.8 Å². The van der Waals surface area contributed by atoms with Crippen LogP contribution < -0.4 is 10.6 Å². The summed E-state index contributed by atoms with van der Waals surface area (Å²) in [6.07, 6.45) is -4.49. The SMILES string of the molecule is CCn1c(SCC(=O)Nc2cccc(C(F)(F)F)c2)nnc1[C@@H](NC(=O)c1ccc(C)cc1)C(C)C. The highest BCUT2D eigenvalue weighted by atomic mass is 32.2. The Morgan fingerprint density at radius 1 is 1.08 bits per heavy atom. The number of carbonyl (C=O) groups excluding carboxylic acids is 2. The molecule has 0 aliphatic heterocycles. The molecule has 0 unspecified atom stereocenters. The van der Waals surface area contributed by atoms with Gasteiger partial charge < -0.3 is 15.2 Å². The number of carbonyl (C=O) groups is 2. The second kappa shape index (κ2) is 11.6. The van der Waals surface area contributed by atoms with E-state index in [9.17, 15) is 22.8 Å². The van der Waals surface area contributed by atoms with E-state index in [1.165, 1.54) is 12.1 Å². The van der Waals surface area contributed by atoms with E-state index >= 15 is 0 Å². The molecule has 0 bridgehead atoms. The third-order valence-corrected chi connectivity index (χ3v) is 6.38. The Hall–Kier alpha value is -3.34. The van der Waals surface area contributed by atoms with Crippen molar-refractivity contribution in [2.24, 2.45) is 5.92 Å². The molecule has 3 aromatic rings. The summed E-state index contributed by atoms with van der Waals surface area (Å²) < 4.78 is 40.6. The van der Waals surface area contributed by atoms with Crippen LogP contribution in [0.2, 0.25) is 0 Å². The highest BCUT2D eigenvalue weighted by Gasteiger charge is 2.30. The first kappa shape index (κ1) is 27.3. The van der Waals surface area contributed by atoms with Gasteiger partial charge in [-0.1, -0.05) is 49.4 Å². The lowest BCUT2D eigenvalue weighted by molar-refractivity contribution is -0.137. The summed E-state index contributed by atoms with van der Waals surface area (Å²) in [6, 6.07) is 11.3. The molecule has 192 valence electrons. The van der Waals surface area contributed by atoms with Gasteiger partial charge in [-0.15, -0.1) is 10.2 Å². The van der Waals surface area contributed by atoms with Crippen LogP contribution in [0.1, 0.15) is 54.1 Å². The summed E-state index contributed by atoms with van der Waals surface area (Å²) in [5.74, 6) is -0.200. The van der Waals surface area contributed by atoms with Crippen molar-refractivity contribution in [2.75, 3.05) is 11.1 Å². The fraction of sp³-hybridized carbons (Fsp3) is 0.360. The van der Waals surface area contributed by atoms with Crippen LogP contribution in [0.5, 0.6) is 0 Å². The molecule has 0 spiro atoms. The largest absolute Gasteiger partial charge is 0.416 e. The van der Waals surface area contributed by atoms with E-state index in [0.717, 1.165) is 29.5 Å². The van der Waals surface area contributed by atoms with Crippen LogP contribution in [-0.4, -0.2) is 32.3 Å². The minimum absolute atomic E-state index is 0.0101. The van der Waals surface area contributed by atoms with E-state index in [1.807, 2.05) is 44.4 Å². The number of thioether (sulfide) groups is 1. The van der Waals surface area contributed by atoms with Crippen molar-refractivity contribution in [3.05, 3.63) is 71.0 Å². The maximum Gasteiger partial charge on any atom is 0.416 e. The Balaban J connectivity index is 1.70. The maximum atomic E-state index is 12.9. The van der Waals surface area contributed by atoms with Crippen molar-refractivity contribution in [3.8, 4) is 0 Å². The number of rotatable bonds is 9. The number of hydrogen-bond acceptors (Lipinski definition) is 5. The van der Waals surface area contributed by atoms with Crippen LogP contribution in [0.4, 0.5) is 18.9 Å². The second-order valence-corrected chi connectivity index (χ2v) is 9.50. The first-order valence-corrected chi connectivity index (χ1v) is 12.4. The molecule has 0 fully saturated rings. The van der Waals surface area contributed by atoms with Gasteiger partial charge in [0.1, 0.15) is 0 Å². The number of benzene rings is 2. The smallest absolute Gasteiger partial charge is 0.342 e. The average Bonchev–Trinajstić information content (AvgIpc) is 3.23. The zero-order chi connectivity index (χ0) is 26.5. The minimum Gasteiger partial charge on any atom is -0.342 e. The quantitative estimate of drug-likeness (QED) is 0.366. The van der Waals surface area contributed by atoms with Crippen molar-refractivity contribution in [1.82, 2.24) is 20.1 Å². The van der Waals surface area contributed by atoms with Crippen LogP contribution in [0.25, 0.3) is 0 Å². The Labute approximate surface area is 211 Å². The number of aryl methyl sites for hydroxylation is 1. The van der Waals surface area contributed by atoms with Crippen LogP contribution >= 0.6 is 11.8 Å². The lowest BCUT2D eigenvalue weighted by Gasteiger charge is -2.22. The van der Waals surface area contributed by atoms with E-state index in [4.69, 9.17) is 0 Å². The number of alkyl halides is 3. The van der Waals surface area contributed by atoms with Crippen molar-refractivity contribution >= 4 is 29.3 Å². The molecule has 2 amide bonds. The Kier molecular flexibility index (Phi) is 8.78. The lowest BCUT2D eigenvalue weighted by Crippen LogP contribution is -2.33. The van der Waals surface area contributed by atoms with E-state index in [1.54, 1.807) is 12.1 Å². The summed E-state index contributed by atoms with van der Waals surface area (Å²) in [5.41, 5.74) is 0.814. The Bertz CT molecular complexity index is 1210. The molecular weight excluding hydrogens is 491 g/mol. The first-order chi connectivity index (χ1) is 17.0. The molecule has 0 aliphatic rings. The zero-order valence-electron chi connectivity index (χ0n) is 20.4. The summed E-state index contributed by atoms with van der Waals surface area (Å²) in [6.45, 7) is 8.28. The first-order valence-electron chi connectivity index (χ1n) is 11.4. The molecule has 2 N–H and O–H groups in total. The monoisotopic (exact) mass is 519 g/mol. The predicted octanol–water partition coefficient (Wildman–Crippen LogP) is 5.48. The van der Waals surface area contributed by atoms with Gasteiger partial charge in [-0.25, -0.2) is 0 Å². The minimum atomic E-state index is -4.49. The molecule has 1 heterocycles. The number of amides is 2. The van der Waals surface area contributed by atoms with E-state index in [-0.39, 0.29) is 23.3 Å². The molecule has 1 aromatic heterocycles. The predicted molar refractivity (Wildman–Crippen MR) is 133 cm³/mol. The van der Waals surface area contributed by atoms with Gasteiger partial charge in [-0.2, -0.15) is 13.2 Å². The molecule has 2 aromatic carbocycles. The van der Waals surface area contributed by atoms with E-state index in [2.05, 4.69) is 20.8 Å². The van der Waals surface area contributed by atoms with Crippen molar-refractivity contribution in [2.45, 2.75) is 51.6 Å². The van der Waals surface area contributed by atoms with Gasteiger partial charge in [-0.05, 0) is 50.1 Å². The lowest BCUT2D eigenvalue weighted by atomic mass is 10.0. The third-order valence-electron chi connectivity index (χ3n) is 5.41. The molecule has 0 saturated carbocycles. The maximum absolute atomic E-state index is 12.9. The van der Waals surface area contributed by atoms with Gasteiger partial charge >= 0.3 is 6.18 Å². The van der Waals surface area contributed by atoms with Gasteiger partial charge in [0.25, 0.3) is 5.91 Å². The summed E-state index contributed by atoms with van der Waals surface area (Å²) >= 11 is 1.12. The van der Waals surface area contributed by atoms with Gasteiger partial charge in [-0.3, -0.25) is 9.59 Å². The number of aromatic nitrogens is 3. The Morgan fingerprint density at radius 3 is 2.39 bits per heavy atom. The zero-order valence-corrected chi connectivity index (χ0v) is 21.2. The number of anilines is 1. The Morgan fingerprint density at radius 2 is 1.78 bits per heavy atom. The highest BCUT2D eigenvalue weighted by molar-refractivity contribution is 7.99. The molecule has 1 atom stereocenters. The number of hydrogen-bond donors (Lipinski definition) is 2. The fourth-order valence-corrected chi connectivity index (χ4v) is 4.30. The summed E-state index contributed by atoms with van der Waals surface area (Å²) in [7, 11) is 0. The number of halogens is 3. The van der Waals surface area contributed by atoms with Gasteiger partial charge in [0.2, 0.25) is 5.91 Å². The molecule has 36 heavy (non-hydrogen) atoms. The van der Waals surface area contributed by atoms with Crippen LogP contribution in [0.3, 0.4) is 0 Å². The van der Waals surface area contributed by atoms with Crippen LogP contribution in [0, 0.1) is 12.8 Å². The fourth-order valence-electron chi connectivity index (χ4n) is 3.49. The molecule has 0 radical (unpaired) electrons. The van der Waals surface area contributed by atoms with Gasteiger partial charge in [0, 0.05) is 17.8 Å². The number of nitrogens with zero attached hydrogens (tertiary/aromatic N) is 3.